The van der Waals surface area contributed by atoms with E-state index in [2.05, 4.69) is 15.9 Å². The number of ether oxygens (including phenoxy) is 1. The summed E-state index contributed by atoms with van der Waals surface area (Å²) in [6.07, 6.45) is -0.270. The highest BCUT2D eigenvalue weighted by Crippen LogP contribution is 2.44. The smallest absolute Gasteiger partial charge is 0.339 e. The maximum absolute atomic E-state index is 12.0. The summed E-state index contributed by atoms with van der Waals surface area (Å²) in [4.78, 5) is 12.0. The molecule has 0 N–H and O–H groups in total. The van der Waals surface area contributed by atoms with Crippen molar-refractivity contribution in [2.24, 2.45) is 0 Å². The highest BCUT2D eigenvalue weighted by molar-refractivity contribution is 9.09. The first-order valence-corrected chi connectivity index (χ1v) is 6.68. The summed E-state index contributed by atoms with van der Waals surface area (Å²) in [7, 11) is 0. The van der Waals surface area contributed by atoms with E-state index in [1.807, 2.05) is 48.5 Å². The van der Waals surface area contributed by atoms with Crippen LogP contribution in [0.3, 0.4) is 0 Å². The van der Waals surface area contributed by atoms with Crippen LogP contribution in [-0.4, -0.2) is 5.97 Å². The number of hydrogen-bond donors (Lipinski definition) is 0. The molecule has 0 aliphatic carbocycles. The lowest BCUT2D eigenvalue weighted by atomic mass is 9.95. The van der Waals surface area contributed by atoms with Gasteiger partial charge in [-0.2, -0.15) is 0 Å². The Morgan fingerprint density at radius 3 is 2.39 bits per heavy atom. The molecule has 0 radical (unpaired) electrons. The van der Waals surface area contributed by atoms with Gasteiger partial charge in [0, 0.05) is 0 Å². The number of rotatable bonds is 1. The van der Waals surface area contributed by atoms with Gasteiger partial charge in [-0.1, -0.05) is 64.5 Å². The zero-order valence-corrected chi connectivity index (χ0v) is 11.1. The monoisotopic (exact) mass is 302 g/mol. The first-order chi connectivity index (χ1) is 8.77. The van der Waals surface area contributed by atoms with Gasteiger partial charge in [0.05, 0.1) is 10.4 Å². The number of fused-ring (bicyclic) bond motifs is 1. The molecule has 1 aliphatic heterocycles. The molecule has 1 heterocycles. The lowest BCUT2D eigenvalue weighted by molar-refractivity contribution is 0.0249. The van der Waals surface area contributed by atoms with E-state index in [-0.39, 0.29) is 16.9 Å². The zero-order chi connectivity index (χ0) is 12.5. The molecule has 3 heteroatoms. The van der Waals surface area contributed by atoms with Gasteiger partial charge in [-0.05, 0) is 17.2 Å². The molecule has 0 saturated heterocycles. The van der Waals surface area contributed by atoms with Gasteiger partial charge in [0.15, 0.2) is 0 Å². The number of cyclic esters (lactones) is 1. The summed E-state index contributed by atoms with van der Waals surface area (Å²) < 4.78 is 5.53. The molecule has 2 aromatic carbocycles. The minimum absolute atomic E-state index is 0.00574. The van der Waals surface area contributed by atoms with Gasteiger partial charge in [-0.15, -0.1) is 0 Å². The molecule has 3 rings (SSSR count). The predicted octanol–water partition coefficient (Wildman–Crippen LogP) is 4.03. The van der Waals surface area contributed by atoms with Crippen molar-refractivity contribution in [1.82, 2.24) is 0 Å². The molecule has 18 heavy (non-hydrogen) atoms. The second-order valence-corrected chi connectivity index (χ2v) is 5.21. The third kappa shape index (κ3) is 1.85. The fourth-order valence-corrected chi connectivity index (χ4v) is 3.02. The highest BCUT2D eigenvalue weighted by Gasteiger charge is 2.34. The molecular formula is C15H11BrO2. The normalized spacial score (nSPS) is 22.2. The molecule has 2 unspecified atom stereocenters. The van der Waals surface area contributed by atoms with Gasteiger partial charge in [-0.3, -0.25) is 0 Å². The minimum atomic E-state index is -0.270. The highest BCUT2D eigenvalue weighted by atomic mass is 79.9. The van der Waals surface area contributed by atoms with Gasteiger partial charge >= 0.3 is 5.97 Å². The number of carbonyl (C=O) groups is 1. The SMILES string of the molecule is O=C1OC(c2ccccc2)C(Br)c2ccccc21. The molecule has 0 saturated carbocycles. The second-order valence-electron chi connectivity index (χ2n) is 4.23. The first kappa shape index (κ1) is 11.5. The largest absolute Gasteiger partial charge is 0.452 e. The number of esters is 1. The lowest BCUT2D eigenvalue weighted by Crippen LogP contribution is -2.23. The van der Waals surface area contributed by atoms with Crippen LogP contribution in [0.5, 0.6) is 0 Å². The van der Waals surface area contributed by atoms with Crippen LogP contribution < -0.4 is 0 Å². The number of hydrogen-bond acceptors (Lipinski definition) is 2. The average Bonchev–Trinajstić information content (AvgIpc) is 2.44. The number of carbonyl (C=O) groups excluding carboxylic acids is 1. The van der Waals surface area contributed by atoms with Gasteiger partial charge in [0.25, 0.3) is 0 Å². The minimum Gasteiger partial charge on any atom is -0.452 e. The van der Waals surface area contributed by atoms with Crippen molar-refractivity contribution in [3.05, 3.63) is 71.3 Å². The van der Waals surface area contributed by atoms with Gasteiger partial charge in [-0.25, -0.2) is 4.79 Å². The van der Waals surface area contributed by atoms with Crippen LogP contribution in [0.2, 0.25) is 0 Å². The quantitative estimate of drug-likeness (QED) is 0.587. The predicted molar refractivity (Wildman–Crippen MR) is 72.7 cm³/mol. The van der Waals surface area contributed by atoms with Crippen molar-refractivity contribution in [3.63, 3.8) is 0 Å². The molecule has 0 amide bonds. The summed E-state index contributed by atoms with van der Waals surface area (Å²) in [5.74, 6) is -0.254. The Hall–Kier alpha value is -1.61. The van der Waals surface area contributed by atoms with Crippen LogP contribution in [0.4, 0.5) is 0 Å². The summed E-state index contributed by atoms with van der Waals surface area (Å²) in [5.41, 5.74) is 2.64. The lowest BCUT2D eigenvalue weighted by Gasteiger charge is -2.29. The number of halogens is 1. The Morgan fingerprint density at radius 2 is 1.61 bits per heavy atom. The van der Waals surface area contributed by atoms with Crippen molar-refractivity contribution in [2.45, 2.75) is 10.9 Å². The number of benzene rings is 2. The first-order valence-electron chi connectivity index (χ1n) is 5.76. The molecule has 0 spiro atoms. The molecule has 0 fully saturated rings. The van der Waals surface area contributed by atoms with Crippen molar-refractivity contribution >= 4 is 21.9 Å². The second kappa shape index (κ2) is 4.58. The van der Waals surface area contributed by atoms with Crippen molar-refractivity contribution < 1.29 is 9.53 Å². The van der Waals surface area contributed by atoms with E-state index in [9.17, 15) is 4.79 Å². The Labute approximate surface area is 114 Å². The Morgan fingerprint density at radius 1 is 0.944 bits per heavy atom. The van der Waals surface area contributed by atoms with E-state index >= 15 is 0 Å². The fourth-order valence-electron chi connectivity index (χ4n) is 2.20. The maximum Gasteiger partial charge on any atom is 0.339 e. The van der Waals surface area contributed by atoms with E-state index in [1.54, 1.807) is 6.07 Å². The average molecular weight is 303 g/mol. The molecule has 90 valence electrons. The molecule has 2 atom stereocenters. The standard InChI is InChI=1S/C15H11BrO2/c16-13-11-8-4-5-9-12(11)15(17)18-14(13)10-6-2-1-3-7-10/h1-9,13-14H. The summed E-state index contributed by atoms with van der Waals surface area (Å²) >= 11 is 3.64. The molecule has 2 aromatic rings. The Balaban J connectivity index is 2.05. The van der Waals surface area contributed by atoms with Gasteiger partial charge in [0.1, 0.15) is 6.10 Å². The molecule has 0 bridgehead atoms. The topological polar surface area (TPSA) is 26.3 Å². The van der Waals surface area contributed by atoms with Crippen molar-refractivity contribution in [1.29, 1.82) is 0 Å². The third-order valence-electron chi connectivity index (χ3n) is 3.11. The van der Waals surface area contributed by atoms with Gasteiger partial charge in [0.2, 0.25) is 0 Å². The Bertz CT molecular complexity index is 580. The van der Waals surface area contributed by atoms with E-state index in [0.717, 1.165) is 11.1 Å². The molecule has 1 aliphatic rings. The van der Waals surface area contributed by atoms with Gasteiger partial charge < -0.3 is 4.74 Å². The van der Waals surface area contributed by atoms with E-state index in [0.29, 0.717) is 5.56 Å². The summed E-state index contributed by atoms with van der Waals surface area (Å²) in [5, 5.41) is 0. The van der Waals surface area contributed by atoms with Crippen LogP contribution in [0.25, 0.3) is 0 Å². The third-order valence-corrected chi connectivity index (χ3v) is 4.08. The molecule has 0 aromatic heterocycles. The van der Waals surface area contributed by atoms with Crippen LogP contribution in [0.1, 0.15) is 32.4 Å². The summed E-state index contributed by atoms with van der Waals surface area (Å²) in [6, 6.07) is 17.3. The van der Waals surface area contributed by atoms with E-state index < -0.39 is 0 Å². The Kier molecular flexibility index (Phi) is 2.92. The molecular weight excluding hydrogens is 292 g/mol. The molecule has 2 nitrogen and oxygen atoms in total. The maximum atomic E-state index is 12.0. The number of alkyl halides is 1. The van der Waals surface area contributed by atoms with Crippen LogP contribution in [-0.2, 0) is 4.74 Å². The van der Waals surface area contributed by atoms with E-state index in [4.69, 9.17) is 4.74 Å². The van der Waals surface area contributed by atoms with Crippen LogP contribution in [0.15, 0.2) is 54.6 Å². The fraction of sp³-hybridized carbons (Fsp3) is 0.133. The van der Waals surface area contributed by atoms with E-state index in [1.165, 1.54) is 0 Å². The van der Waals surface area contributed by atoms with Crippen molar-refractivity contribution in [2.75, 3.05) is 0 Å². The zero-order valence-electron chi connectivity index (χ0n) is 9.55. The summed E-state index contributed by atoms with van der Waals surface area (Å²) in [6.45, 7) is 0. The van der Waals surface area contributed by atoms with Crippen LogP contribution >= 0.6 is 15.9 Å². The van der Waals surface area contributed by atoms with Crippen molar-refractivity contribution in [3.8, 4) is 0 Å². The van der Waals surface area contributed by atoms with Crippen LogP contribution in [0, 0.1) is 0 Å².